The number of alkyl halides is 3. The Kier molecular flexibility index (Phi) is 3.74. The van der Waals surface area contributed by atoms with E-state index in [9.17, 15) is 13.2 Å². The van der Waals surface area contributed by atoms with E-state index in [-0.39, 0.29) is 6.04 Å². The second-order valence-electron chi connectivity index (χ2n) is 3.71. The van der Waals surface area contributed by atoms with Crippen molar-refractivity contribution in [3.8, 4) is 0 Å². The summed E-state index contributed by atoms with van der Waals surface area (Å²) in [6, 6.07) is 0.0667. The van der Waals surface area contributed by atoms with Gasteiger partial charge in [-0.2, -0.15) is 13.2 Å². The van der Waals surface area contributed by atoms with Crippen molar-refractivity contribution in [3.05, 3.63) is 0 Å². The highest BCUT2D eigenvalue weighted by molar-refractivity contribution is 4.80. The highest BCUT2D eigenvalue weighted by Gasteiger charge is 2.38. The molecule has 1 saturated heterocycles. The molecule has 1 rings (SSSR count). The normalized spacial score (nSPS) is 26.8. The molecule has 2 N–H and O–H groups in total. The van der Waals surface area contributed by atoms with Crippen molar-refractivity contribution in [2.75, 3.05) is 26.7 Å². The number of hydrogen-bond acceptors (Lipinski definition) is 3. The second kappa shape index (κ2) is 4.46. The first-order valence-electron chi connectivity index (χ1n) is 4.56. The molecule has 14 heavy (non-hydrogen) atoms. The molecule has 0 aliphatic carbocycles. The Balaban J connectivity index is 2.21. The number of likely N-dealkylation sites (N-methyl/N-ethyl adjacent to an activating group) is 1. The molecule has 1 heterocycles. The van der Waals surface area contributed by atoms with E-state index in [1.807, 2.05) is 11.9 Å². The topological polar surface area (TPSA) is 35.5 Å². The van der Waals surface area contributed by atoms with Crippen molar-refractivity contribution in [1.29, 1.82) is 0 Å². The predicted octanol–water partition coefficient (Wildman–Crippen LogP) is 0.203. The van der Waals surface area contributed by atoms with Crippen molar-refractivity contribution < 1.29 is 18.3 Å². The fraction of sp³-hybridized carbons (Fsp3) is 1.00. The number of nitrogens with zero attached hydrogens (tertiary/aromatic N) is 1. The minimum Gasteiger partial charge on any atom is -0.382 e. The van der Waals surface area contributed by atoms with Gasteiger partial charge < -0.3 is 15.3 Å². The molecule has 0 amide bonds. The summed E-state index contributed by atoms with van der Waals surface area (Å²) in [7, 11) is 1.92. The number of aliphatic hydroxyl groups excluding tert-OH is 1. The van der Waals surface area contributed by atoms with E-state index in [0.29, 0.717) is 0 Å². The highest BCUT2D eigenvalue weighted by atomic mass is 19.4. The van der Waals surface area contributed by atoms with Gasteiger partial charge in [0.2, 0.25) is 0 Å². The lowest BCUT2D eigenvalue weighted by atomic mass is 10.2. The maximum atomic E-state index is 11.9. The Bertz CT molecular complexity index is 186. The Labute approximate surface area is 80.9 Å². The third kappa shape index (κ3) is 3.43. The van der Waals surface area contributed by atoms with E-state index in [1.54, 1.807) is 0 Å². The van der Waals surface area contributed by atoms with Gasteiger partial charge in [0.1, 0.15) is 0 Å². The van der Waals surface area contributed by atoms with E-state index in [4.69, 9.17) is 5.11 Å². The van der Waals surface area contributed by atoms with Gasteiger partial charge in [0, 0.05) is 19.1 Å². The summed E-state index contributed by atoms with van der Waals surface area (Å²) in [6.45, 7) is 1.21. The van der Waals surface area contributed by atoms with Crippen LogP contribution in [0.15, 0.2) is 0 Å². The number of likely N-dealkylation sites (tertiary alicyclic amines) is 1. The number of nitrogens with one attached hydrogen (secondary N) is 1. The van der Waals surface area contributed by atoms with Crippen LogP contribution in [0.2, 0.25) is 0 Å². The fourth-order valence-corrected chi connectivity index (χ4v) is 1.50. The van der Waals surface area contributed by atoms with Crippen LogP contribution >= 0.6 is 0 Å². The van der Waals surface area contributed by atoms with E-state index in [1.165, 1.54) is 0 Å². The third-order valence-corrected chi connectivity index (χ3v) is 2.37. The average Bonchev–Trinajstić information content (AvgIpc) is 2.45. The van der Waals surface area contributed by atoms with Crippen LogP contribution < -0.4 is 5.32 Å². The molecule has 0 aromatic rings. The summed E-state index contributed by atoms with van der Waals surface area (Å²) in [6.07, 6.45) is -5.94. The molecule has 1 aliphatic rings. The molecule has 6 heteroatoms. The minimum absolute atomic E-state index is 0.0667. The van der Waals surface area contributed by atoms with Gasteiger partial charge in [-0.1, -0.05) is 0 Å². The quantitative estimate of drug-likeness (QED) is 0.701. The van der Waals surface area contributed by atoms with E-state index < -0.39 is 18.8 Å². The predicted molar refractivity (Wildman–Crippen MR) is 46.0 cm³/mol. The van der Waals surface area contributed by atoms with Gasteiger partial charge in [-0.25, -0.2) is 0 Å². The number of aliphatic hydroxyl groups is 1. The van der Waals surface area contributed by atoms with Gasteiger partial charge >= 0.3 is 6.18 Å². The zero-order chi connectivity index (χ0) is 10.8. The average molecular weight is 212 g/mol. The maximum Gasteiger partial charge on any atom is 0.415 e. The molecule has 2 atom stereocenters. The van der Waals surface area contributed by atoms with Crippen LogP contribution in [0.3, 0.4) is 0 Å². The Morgan fingerprint density at radius 2 is 2.21 bits per heavy atom. The molecule has 0 spiro atoms. The monoisotopic (exact) mass is 212 g/mol. The largest absolute Gasteiger partial charge is 0.415 e. The van der Waals surface area contributed by atoms with E-state index >= 15 is 0 Å². The van der Waals surface area contributed by atoms with Gasteiger partial charge in [-0.3, -0.25) is 0 Å². The van der Waals surface area contributed by atoms with Crippen LogP contribution in [-0.4, -0.2) is 55.0 Å². The molecule has 0 saturated carbocycles. The zero-order valence-electron chi connectivity index (χ0n) is 8.01. The number of hydrogen-bond donors (Lipinski definition) is 2. The van der Waals surface area contributed by atoms with Gasteiger partial charge in [-0.05, 0) is 20.0 Å². The first kappa shape index (κ1) is 11.7. The summed E-state index contributed by atoms with van der Waals surface area (Å²) in [5.74, 6) is 0. The van der Waals surface area contributed by atoms with E-state index in [0.717, 1.165) is 19.5 Å². The molecule has 0 aromatic heterocycles. The van der Waals surface area contributed by atoms with Crippen LogP contribution in [0.5, 0.6) is 0 Å². The van der Waals surface area contributed by atoms with Crippen LogP contribution in [0.1, 0.15) is 6.42 Å². The van der Waals surface area contributed by atoms with Crippen LogP contribution in [0.4, 0.5) is 13.2 Å². The van der Waals surface area contributed by atoms with Gasteiger partial charge in [-0.15, -0.1) is 0 Å². The van der Waals surface area contributed by atoms with Gasteiger partial charge in [0.15, 0.2) is 6.10 Å². The summed E-state index contributed by atoms with van der Waals surface area (Å²) in [5, 5.41) is 11.4. The van der Waals surface area contributed by atoms with Crippen LogP contribution in [-0.2, 0) is 0 Å². The van der Waals surface area contributed by atoms with Gasteiger partial charge in [0.05, 0.1) is 0 Å². The number of rotatable bonds is 3. The molecule has 2 unspecified atom stereocenters. The lowest BCUT2D eigenvalue weighted by Crippen LogP contribution is -2.43. The lowest BCUT2D eigenvalue weighted by molar-refractivity contribution is -0.202. The summed E-state index contributed by atoms with van der Waals surface area (Å²) in [5.41, 5.74) is 0. The SMILES string of the molecule is CN1CCC(NCC(O)C(F)(F)F)C1. The third-order valence-electron chi connectivity index (χ3n) is 2.37. The molecule has 0 bridgehead atoms. The van der Waals surface area contributed by atoms with Crippen molar-refractivity contribution in [2.24, 2.45) is 0 Å². The summed E-state index contributed by atoms with van der Waals surface area (Å²) in [4.78, 5) is 2.04. The molecule has 1 fully saturated rings. The smallest absolute Gasteiger partial charge is 0.382 e. The maximum absolute atomic E-state index is 11.9. The molecular formula is C8H15F3N2O. The van der Waals surface area contributed by atoms with E-state index in [2.05, 4.69) is 5.32 Å². The zero-order valence-corrected chi connectivity index (χ0v) is 8.01. The molecular weight excluding hydrogens is 197 g/mol. The Morgan fingerprint density at radius 1 is 1.57 bits per heavy atom. The molecule has 0 aromatic carbocycles. The fourth-order valence-electron chi connectivity index (χ4n) is 1.50. The number of halogens is 3. The Hall–Kier alpha value is -0.330. The molecule has 84 valence electrons. The standard InChI is InChI=1S/C8H15F3N2O/c1-13-3-2-6(5-13)12-4-7(14)8(9,10)11/h6-7,12,14H,2-5H2,1H3. The lowest BCUT2D eigenvalue weighted by Gasteiger charge is -2.18. The molecule has 1 aliphatic heterocycles. The first-order valence-corrected chi connectivity index (χ1v) is 4.56. The summed E-state index contributed by atoms with van der Waals surface area (Å²) >= 11 is 0. The molecule has 0 radical (unpaired) electrons. The second-order valence-corrected chi connectivity index (χ2v) is 3.71. The first-order chi connectivity index (χ1) is 6.39. The molecule has 3 nitrogen and oxygen atoms in total. The minimum atomic E-state index is -4.52. The Morgan fingerprint density at radius 3 is 2.64 bits per heavy atom. The highest BCUT2D eigenvalue weighted by Crippen LogP contribution is 2.19. The van der Waals surface area contributed by atoms with Crippen LogP contribution in [0, 0.1) is 0 Å². The van der Waals surface area contributed by atoms with Crippen LogP contribution in [0.25, 0.3) is 0 Å². The van der Waals surface area contributed by atoms with Crippen molar-refractivity contribution in [2.45, 2.75) is 24.7 Å². The van der Waals surface area contributed by atoms with Crippen molar-refractivity contribution >= 4 is 0 Å². The van der Waals surface area contributed by atoms with Crippen molar-refractivity contribution in [1.82, 2.24) is 10.2 Å². The summed E-state index contributed by atoms with van der Waals surface area (Å²) < 4.78 is 35.7. The van der Waals surface area contributed by atoms with Gasteiger partial charge in [0.25, 0.3) is 0 Å². The van der Waals surface area contributed by atoms with Crippen molar-refractivity contribution in [3.63, 3.8) is 0 Å².